The summed E-state index contributed by atoms with van der Waals surface area (Å²) in [5.41, 5.74) is 2.10. The van der Waals surface area contributed by atoms with Crippen LogP contribution in [-0.2, 0) is 27.8 Å². The molecule has 1 fully saturated rings. The number of carbonyl (C=O) groups is 1. The van der Waals surface area contributed by atoms with Crippen LogP contribution in [0.15, 0.2) is 53.4 Å². The first-order valence-electron chi connectivity index (χ1n) is 10.5. The molecule has 7 heteroatoms. The fraction of sp³-hybridized carbons (Fsp3) is 0.435. The molecule has 0 saturated carbocycles. The zero-order valence-corrected chi connectivity index (χ0v) is 18.9. The van der Waals surface area contributed by atoms with Gasteiger partial charge in [-0.15, -0.1) is 0 Å². The molecule has 1 amide bonds. The first-order valence-corrected chi connectivity index (χ1v) is 12.4. The first kappa shape index (κ1) is 22.8. The molecule has 0 aromatic heterocycles. The van der Waals surface area contributed by atoms with E-state index in [-0.39, 0.29) is 17.3 Å². The molecular formula is C23H29ClN2O3S. The van der Waals surface area contributed by atoms with Crippen molar-refractivity contribution in [2.75, 3.05) is 6.54 Å². The average Bonchev–Trinajstić information content (AvgIpc) is 2.95. The van der Waals surface area contributed by atoms with Crippen LogP contribution in [-0.4, -0.2) is 31.2 Å². The molecule has 2 aromatic carbocycles. The number of carbonyl (C=O) groups excluding carboxylic acids is 1. The standard InChI is InChI=1S/C23H29ClN2O3S/c1-2-3-6-18-8-10-19(11-9-18)17-26(22-7-4-5-16-25-23(22)27)30(28,29)21-14-12-20(24)13-15-21/h8-15,22H,2-7,16-17H2,1H3,(H,25,27)/t22-/m1/s1. The monoisotopic (exact) mass is 448 g/mol. The molecule has 0 unspecified atom stereocenters. The van der Waals surface area contributed by atoms with Gasteiger partial charge in [0.25, 0.3) is 0 Å². The Hall–Kier alpha value is -1.89. The molecule has 30 heavy (non-hydrogen) atoms. The van der Waals surface area contributed by atoms with Gasteiger partial charge in [0.2, 0.25) is 15.9 Å². The summed E-state index contributed by atoms with van der Waals surface area (Å²) < 4.78 is 28.4. The smallest absolute Gasteiger partial charge is 0.244 e. The number of halogens is 1. The second-order valence-electron chi connectivity index (χ2n) is 7.73. The quantitative estimate of drug-likeness (QED) is 0.644. The predicted molar refractivity (Wildman–Crippen MR) is 120 cm³/mol. The lowest BCUT2D eigenvalue weighted by molar-refractivity contribution is -0.124. The fourth-order valence-electron chi connectivity index (χ4n) is 3.67. The largest absolute Gasteiger partial charge is 0.355 e. The van der Waals surface area contributed by atoms with Gasteiger partial charge in [-0.1, -0.05) is 49.2 Å². The lowest BCUT2D eigenvalue weighted by Gasteiger charge is -2.29. The van der Waals surface area contributed by atoms with Gasteiger partial charge in [0.05, 0.1) is 4.90 Å². The average molecular weight is 449 g/mol. The van der Waals surface area contributed by atoms with Crippen molar-refractivity contribution >= 4 is 27.5 Å². The molecule has 1 aliphatic heterocycles. The van der Waals surface area contributed by atoms with E-state index >= 15 is 0 Å². The van der Waals surface area contributed by atoms with Crippen LogP contribution in [0.1, 0.15) is 50.2 Å². The van der Waals surface area contributed by atoms with Crippen molar-refractivity contribution in [1.29, 1.82) is 0 Å². The number of amides is 1. The number of aryl methyl sites for hydroxylation is 1. The summed E-state index contributed by atoms with van der Waals surface area (Å²) in [6.07, 6.45) is 5.42. The number of nitrogens with zero attached hydrogens (tertiary/aromatic N) is 1. The summed E-state index contributed by atoms with van der Waals surface area (Å²) in [4.78, 5) is 12.9. The zero-order valence-electron chi connectivity index (χ0n) is 17.3. The van der Waals surface area contributed by atoms with E-state index in [2.05, 4.69) is 12.2 Å². The Kier molecular flexibility index (Phi) is 7.92. The molecule has 3 rings (SSSR count). The molecule has 0 radical (unpaired) electrons. The summed E-state index contributed by atoms with van der Waals surface area (Å²) in [6.45, 7) is 2.89. The van der Waals surface area contributed by atoms with Crippen LogP contribution in [0, 0.1) is 0 Å². The van der Waals surface area contributed by atoms with Gasteiger partial charge in [-0.2, -0.15) is 4.31 Å². The van der Waals surface area contributed by atoms with Crippen molar-refractivity contribution in [3.63, 3.8) is 0 Å². The van der Waals surface area contributed by atoms with Crippen LogP contribution in [0.5, 0.6) is 0 Å². The summed E-state index contributed by atoms with van der Waals surface area (Å²) in [7, 11) is -3.88. The normalized spacial score (nSPS) is 17.6. The van der Waals surface area contributed by atoms with Crippen molar-refractivity contribution in [2.45, 2.75) is 62.9 Å². The summed E-state index contributed by atoms with van der Waals surface area (Å²) in [5, 5.41) is 3.33. The SMILES string of the molecule is CCCCc1ccc(CN([C@@H]2CCCCNC2=O)S(=O)(=O)c2ccc(Cl)cc2)cc1. The van der Waals surface area contributed by atoms with E-state index in [1.165, 1.54) is 22.0 Å². The summed E-state index contributed by atoms with van der Waals surface area (Å²) in [6, 6.07) is 13.4. The third-order valence-corrected chi connectivity index (χ3v) is 7.58. The molecule has 162 valence electrons. The van der Waals surface area contributed by atoms with Crippen molar-refractivity contribution in [2.24, 2.45) is 0 Å². The van der Waals surface area contributed by atoms with Crippen molar-refractivity contribution < 1.29 is 13.2 Å². The molecule has 1 atom stereocenters. The van der Waals surface area contributed by atoms with Crippen molar-refractivity contribution in [3.05, 3.63) is 64.7 Å². The van der Waals surface area contributed by atoms with Gasteiger partial charge in [-0.25, -0.2) is 8.42 Å². The summed E-state index contributed by atoms with van der Waals surface area (Å²) >= 11 is 5.94. The number of rotatable bonds is 8. The third-order valence-electron chi connectivity index (χ3n) is 5.45. The highest BCUT2D eigenvalue weighted by Crippen LogP contribution is 2.26. The topological polar surface area (TPSA) is 66.5 Å². The minimum absolute atomic E-state index is 0.142. The maximum atomic E-state index is 13.5. The van der Waals surface area contributed by atoms with Gasteiger partial charge in [-0.3, -0.25) is 4.79 Å². The van der Waals surface area contributed by atoms with Gasteiger partial charge < -0.3 is 5.32 Å². The second-order valence-corrected chi connectivity index (χ2v) is 10.1. The van der Waals surface area contributed by atoms with E-state index < -0.39 is 16.1 Å². The lowest BCUT2D eigenvalue weighted by atomic mass is 10.1. The van der Waals surface area contributed by atoms with E-state index in [1.807, 2.05) is 24.3 Å². The fourth-order valence-corrected chi connectivity index (χ4v) is 5.41. The number of hydrogen-bond donors (Lipinski definition) is 1. The minimum atomic E-state index is -3.88. The molecule has 2 aromatic rings. The van der Waals surface area contributed by atoms with Crippen molar-refractivity contribution in [1.82, 2.24) is 9.62 Å². The number of sulfonamides is 1. The van der Waals surface area contributed by atoms with E-state index in [1.54, 1.807) is 12.1 Å². The predicted octanol–water partition coefficient (Wildman–Crippen LogP) is 4.54. The maximum absolute atomic E-state index is 13.5. The van der Waals surface area contributed by atoms with Gasteiger partial charge in [-0.05, 0) is 67.5 Å². The van der Waals surface area contributed by atoms with Gasteiger partial charge in [0, 0.05) is 18.1 Å². The lowest BCUT2D eigenvalue weighted by Crippen LogP contribution is -2.48. The Morgan fingerprint density at radius 1 is 1.03 bits per heavy atom. The number of benzene rings is 2. The second kappa shape index (κ2) is 10.4. The Morgan fingerprint density at radius 2 is 1.70 bits per heavy atom. The molecular weight excluding hydrogens is 420 g/mol. The number of nitrogens with one attached hydrogen (secondary N) is 1. The van der Waals surface area contributed by atoms with E-state index in [0.29, 0.717) is 18.0 Å². The van der Waals surface area contributed by atoms with Crippen LogP contribution in [0.4, 0.5) is 0 Å². The Bertz CT molecular complexity index is 943. The van der Waals surface area contributed by atoms with Crippen molar-refractivity contribution in [3.8, 4) is 0 Å². The van der Waals surface area contributed by atoms with E-state index in [0.717, 1.165) is 37.7 Å². The third kappa shape index (κ3) is 5.62. The Balaban J connectivity index is 1.93. The van der Waals surface area contributed by atoms with Gasteiger partial charge in [0.15, 0.2) is 0 Å². The van der Waals surface area contributed by atoms with Crippen LogP contribution in [0.2, 0.25) is 5.02 Å². The Labute approximate surface area is 184 Å². The Morgan fingerprint density at radius 3 is 2.37 bits per heavy atom. The molecule has 0 spiro atoms. The number of unbranched alkanes of at least 4 members (excludes halogenated alkanes) is 1. The highest BCUT2D eigenvalue weighted by molar-refractivity contribution is 7.89. The van der Waals surface area contributed by atoms with Crippen LogP contribution >= 0.6 is 11.6 Å². The maximum Gasteiger partial charge on any atom is 0.244 e. The molecule has 5 nitrogen and oxygen atoms in total. The van der Waals surface area contributed by atoms with E-state index in [9.17, 15) is 13.2 Å². The van der Waals surface area contributed by atoms with Crippen LogP contribution in [0.25, 0.3) is 0 Å². The zero-order chi connectivity index (χ0) is 21.6. The van der Waals surface area contributed by atoms with Crippen LogP contribution < -0.4 is 5.32 Å². The van der Waals surface area contributed by atoms with E-state index in [4.69, 9.17) is 11.6 Å². The van der Waals surface area contributed by atoms with Crippen LogP contribution in [0.3, 0.4) is 0 Å². The molecule has 1 saturated heterocycles. The highest BCUT2D eigenvalue weighted by Gasteiger charge is 2.36. The van der Waals surface area contributed by atoms with Gasteiger partial charge >= 0.3 is 0 Å². The molecule has 0 aliphatic carbocycles. The number of hydrogen-bond acceptors (Lipinski definition) is 3. The molecule has 0 bridgehead atoms. The minimum Gasteiger partial charge on any atom is -0.355 e. The molecule has 1 heterocycles. The molecule has 1 aliphatic rings. The first-order chi connectivity index (χ1) is 14.4. The molecule has 1 N–H and O–H groups in total. The van der Waals surface area contributed by atoms with Gasteiger partial charge in [0.1, 0.15) is 6.04 Å². The summed E-state index contributed by atoms with van der Waals surface area (Å²) in [5.74, 6) is -0.232. The highest BCUT2D eigenvalue weighted by atomic mass is 35.5.